The number of nitrogens with one attached hydrogen (secondary N) is 1. The molecule has 1 saturated heterocycles. The van der Waals surface area contributed by atoms with E-state index in [0.29, 0.717) is 16.5 Å². The van der Waals surface area contributed by atoms with Crippen molar-refractivity contribution < 1.29 is 32.0 Å². The first kappa shape index (κ1) is 29.0. The van der Waals surface area contributed by atoms with Crippen molar-refractivity contribution in [3.63, 3.8) is 0 Å². The van der Waals surface area contributed by atoms with Crippen LogP contribution in [0.3, 0.4) is 0 Å². The van der Waals surface area contributed by atoms with Gasteiger partial charge in [0, 0.05) is 38.4 Å². The van der Waals surface area contributed by atoms with Crippen LogP contribution in [0.15, 0.2) is 69.9 Å². The van der Waals surface area contributed by atoms with Crippen molar-refractivity contribution in [2.24, 2.45) is 4.36 Å². The molecule has 0 saturated carbocycles. The number of hydrogen-bond donors (Lipinski definition) is 2. The number of halogens is 5. The maximum absolute atomic E-state index is 14.1. The Morgan fingerprint density at radius 3 is 2.20 bits per heavy atom. The Balaban J connectivity index is 1.50. The van der Waals surface area contributed by atoms with Crippen LogP contribution in [0.5, 0.6) is 5.75 Å². The number of alkyl halides is 3. The zero-order valence-electron chi connectivity index (χ0n) is 21.2. The van der Waals surface area contributed by atoms with Gasteiger partial charge in [-0.05, 0) is 67.1 Å². The molecule has 0 amide bonds. The Morgan fingerprint density at radius 2 is 1.65 bits per heavy atom. The molecule has 214 valence electrons. The van der Waals surface area contributed by atoms with Gasteiger partial charge in [0.1, 0.15) is 15.7 Å². The molecule has 0 bridgehead atoms. The lowest BCUT2D eigenvalue weighted by Gasteiger charge is -2.37. The van der Waals surface area contributed by atoms with Crippen molar-refractivity contribution in [2.75, 3.05) is 19.8 Å². The predicted octanol–water partition coefficient (Wildman–Crippen LogP) is 6.74. The van der Waals surface area contributed by atoms with Gasteiger partial charge in [0.15, 0.2) is 0 Å². The smallest absolute Gasteiger partial charge is 0.406 e. The fraction of sp³-hybridized carbons (Fsp3) is 0.333. The Morgan fingerprint density at radius 1 is 1.05 bits per heavy atom. The molecule has 1 aromatic heterocycles. The molecular weight excluding hydrogens is 590 g/mol. The second-order valence-electron chi connectivity index (χ2n) is 9.41. The Bertz CT molecular complexity index is 1590. The number of benzene rings is 3. The molecule has 13 heteroatoms. The Labute approximate surface area is 239 Å². The quantitative estimate of drug-likeness (QED) is 0.241. The van der Waals surface area contributed by atoms with E-state index in [2.05, 4.69) is 13.8 Å². The average Bonchev–Trinajstić information content (AvgIpc) is 3.20. The van der Waals surface area contributed by atoms with Crippen molar-refractivity contribution in [3.05, 3.63) is 70.7 Å². The van der Waals surface area contributed by atoms with E-state index in [0.717, 1.165) is 33.9 Å². The van der Waals surface area contributed by atoms with Crippen LogP contribution in [0.25, 0.3) is 21.8 Å². The van der Waals surface area contributed by atoms with Gasteiger partial charge in [0.25, 0.3) is 0 Å². The topological polar surface area (TPSA) is 85.1 Å². The molecule has 0 aliphatic carbocycles. The fourth-order valence-corrected chi connectivity index (χ4v) is 7.16. The number of aliphatic hydroxyl groups is 1. The summed E-state index contributed by atoms with van der Waals surface area (Å²) >= 11 is 12.6. The lowest BCUT2D eigenvalue weighted by molar-refractivity contribution is -0.274. The lowest BCUT2D eigenvalue weighted by atomic mass is 10.0. The molecule has 2 heterocycles. The van der Waals surface area contributed by atoms with Crippen LogP contribution < -0.4 is 9.46 Å². The first-order valence-electron chi connectivity index (χ1n) is 12.5. The predicted molar refractivity (Wildman–Crippen MR) is 149 cm³/mol. The summed E-state index contributed by atoms with van der Waals surface area (Å²) in [6.07, 6.45) is -5.33. The van der Waals surface area contributed by atoms with Crippen molar-refractivity contribution in [2.45, 2.75) is 42.8 Å². The van der Waals surface area contributed by atoms with Crippen LogP contribution in [0.4, 0.5) is 13.2 Å². The van der Waals surface area contributed by atoms with Gasteiger partial charge in [-0.1, -0.05) is 30.1 Å². The molecule has 7 nitrogen and oxygen atoms in total. The first-order valence-corrected chi connectivity index (χ1v) is 14.8. The molecular formula is C27H26Cl2F3N3O4S. The minimum atomic E-state index is -4.85. The molecule has 1 unspecified atom stereocenters. The molecule has 4 atom stereocenters. The third-order valence-corrected chi connectivity index (χ3v) is 9.18. The van der Waals surface area contributed by atoms with Crippen LogP contribution >= 0.6 is 23.2 Å². The molecule has 2 N–H and O–H groups in total. The van der Waals surface area contributed by atoms with E-state index in [-0.39, 0.29) is 24.7 Å². The van der Waals surface area contributed by atoms with E-state index in [1.165, 1.54) is 12.1 Å². The third kappa shape index (κ3) is 5.90. The summed E-state index contributed by atoms with van der Waals surface area (Å²) < 4.78 is 71.0. The van der Waals surface area contributed by atoms with Crippen LogP contribution in [-0.2, 0) is 14.7 Å². The number of hydrogen-bond acceptors (Lipinski definition) is 5. The molecule has 4 aromatic rings. The number of nitrogens with zero attached hydrogens (tertiary/aromatic N) is 2. The molecule has 1 aliphatic rings. The largest absolute Gasteiger partial charge is 0.573 e. The second kappa shape index (κ2) is 11.4. The van der Waals surface area contributed by atoms with E-state index in [1.54, 1.807) is 12.1 Å². The molecule has 1 aliphatic heterocycles. The fourth-order valence-electron chi connectivity index (χ4n) is 4.90. The summed E-state index contributed by atoms with van der Waals surface area (Å²) in [5.74, 6) is -0.443. The van der Waals surface area contributed by atoms with Gasteiger partial charge in [0.05, 0.1) is 36.3 Å². The minimum absolute atomic E-state index is 0.0420. The highest BCUT2D eigenvalue weighted by atomic mass is 35.5. The molecule has 0 spiro atoms. The molecule has 5 rings (SSSR count). The zero-order valence-corrected chi connectivity index (χ0v) is 23.5. The lowest BCUT2D eigenvalue weighted by Crippen LogP contribution is -2.53. The highest BCUT2D eigenvalue weighted by Gasteiger charge is 2.37. The average molecular weight is 616 g/mol. The number of aromatic nitrogens is 1. The van der Waals surface area contributed by atoms with Gasteiger partial charge in [-0.15, -0.1) is 13.2 Å². The van der Waals surface area contributed by atoms with Crippen LogP contribution in [0, 0.1) is 0 Å². The summed E-state index contributed by atoms with van der Waals surface area (Å²) in [7, 11) is -3.36. The highest BCUT2D eigenvalue weighted by molar-refractivity contribution is 7.91. The number of ether oxygens (including phenoxy) is 2. The molecule has 40 heavy (non-hydrogen) atoms. The van der Waals surface area contributed by atoms with Gasteiger partial charge >= 0.3 is 6.36 Å². The molecule has 1 fully saturated rings. The van der Waals surface area contributed by atoms with Crippen LogP contribution in [-0.4, -0.2) is 52.1 Å². The zero-order chi connectivity index (χ0) is 28.7. The van der Waals surface area contributed by atoms with E-state index >= 15 is 0 Å². The van der Waals surface area contributed by atoms with Crippen LogP contribution in [0.1, 0.15) is 19.4 Å². The number of rotatable bonds is 7. The van der Waals surface area contributed by atoms with E-state index in [1.807, 2.05) is 35.8 Å². The van der Waals surface area contributed by atoms with E-state index in [9.17, 15) is 22.5 Å². The normalized spacial score (nSPS) is 21.4. The first-order chi connectivity index (χ1) is 19.0. The van der Waals surface area contributed by atoms with Gasteiger partial charge in [-0.25, -0.2) is 13.3 Å². The van der Waals surface area contributed by atoms with Gasteiger partial charge in [0.2, 0.25) is 0 Å². The SMILES string of the molecule is CCCN=S(=O)(N[C@@H]1COC[C@@H](n2c3ccc(Cl)cc3c3cc(Cl)ccc32)[C@H]1O)c1ccc(OC(F)(F)F)cc1. The summed E-state index contributed by atoms with van der Waals surface area (Å²) in [6.45, 7) is 2.31. The number of fused-ring (bicyclic) bond motifs is 3. The third-order valence-electron chi connectivity index (χ3n) is 6.64. The summed E-state index contributed by atoms with van der Waals surface area (Å²) in [6, 6.07) is 14.2. The van der Waals surface area contributed by atoms with Crippen molar-refractivity contribution in [3.8, 4) is 5.75 Å². The maximum Gasteiger partial charge on any atom is 0.573 e. The Hall–Kier alpha value is -2.54. The second-order valence-corrected chi connectivity index (χ2v) is 12.3. The minimum Gasteiger partial charge on any atom is -0.406 e. The highest BCUT2D eigenvalue weighted by Crippen LogP contribution is 2.37. The monoisotopic (exact) mass is 615 g/mol. The summed E-state index contributed by atoms with van der Waals surface area (Å²) in [4.78, 5) is 0.158. The van der Waals surface area contributed by atoms with Crippen molar-refractivity contribution >= 4 is 54.9 Å². The van der Waals surface area contributed by atoms with Crippen molar-refractivity contribution in [1.82, 2.24) is 9.29 Å². The molecule has 0 radical (unpaired) electrons. The van der Waals surface area contributed by atoms with Crippen LogP contribution in [0.2, 0.25) is 10.0 Å². The van der Waals surface area contributed by atoms with Crippen molar-refractivity contribution in [1.29, 1.82) is 0 Å². The summed E-state index contributed by atoms with van der Waals surface area (Å²) in [5.41, 5.74) is 1.62. The number of aliphatic hydroxyl groups excluding tert-OH is 1. The van der Waals surface area contributed by atoms with Gasteiger partial charge in [-0.3, -0.25) is 0 Å². The van der Waals surface area contributed by atoms with E-state index in [4.69, 9.17) is 27.9 Å². The van der Waals surface area contributed by atoms with Gasteiger partial charge < -0.3 is 19.1 Å². The maximum atomic E-state index is 14.1. The van der Waals surface area contributed by atoms with Gasteiger partial charge in [-0.2, -0.15) is 0 Å². The molecule has 3 aromatic carbocycles. The van der Waals surface area contributed by atoms with E-state index < -0.39 is 40.2 Å². The summed E-state index contributed by atoms with van der Waals surface area (Å²) in [5, 5.41) is 14.4. The standard InChI is InChI=1S/C27H26Cl2F3N3O4S/c1-2-11-33-40(37,19-7-5-18(6-8-19)39-27(30,31)32)34-22-14-38-15-25(26(22)36)35-23-9-3-16(28)12-20(23)21-13-17(29)4-10-24(21)35/h3-10,12-13,22,25-26,36H,2,11,14-15H2,1H3,(H,33,34,37)/t22-,25-,26+,40?/m1/s1. The Kier molecular flexibility index (Phi) is 8.24.